The second-order valence-corrected chi connectivity index (χ2v) is 5.92. The number of amides is 2. The monoisotopic (exact) mass is 330 g/mol. The molecule has 0 spiro atoms. The summed E-state index contributed by atoms with van der Waals surface area (Å²) in [4.78, 5) is 18.6. The van der Waals surface area contributed by atoms with Gasteiger partial charge < -0.3 is 19.8 Å². The Bertz CT molecular complexity index is 715. The number of urea groups is 1. The fourth-order valence-electron chi connectivity index (χ4n) is 3.13. The maximum absolute atomic E-state index is 12.7. The molecular formula is C17H22N4O3. The van der Waals surface area contributed by atoms with E-state index in [1.807, 2.05) is 31.2 Å². The van der Waals surface area contributed by atoms with E-state index >= 15 is 0 Å². The van der Waals surface area contributed by atoms with Crippen molar-refractivity contribution in [3.8, 4) is 0 Å². The summed E-state index contributed by atoms with van der Waals surface area (Å²) in [6.45, 7) is 4.12. The lowest BCUT2D eigenvalue weighted by molar-refractivity contribution is 0.124. The first kappa shape index (κ1) is 16.4. The number of carbonyl (C=O) groups excluding carboxylic acids is 1. The van der Waals surface area contributed by atoms with Gasteiger partial charge in [-0.3, -0.25) is 0 Å². The zero-order chi connectivity index (χ0) is 17.1. The summed E-state index contributed by atoms with van der Waals surface area (Å²) in [6, 6.07) is 7.05. The smallest absolute Gasteiger partial charge is 0.318 e. The molecule has 0 aliphatic carbocycles. The van der Waals surface area contributed by atoms with Crippen molar-refractivity contribution >= 4 is 6.03 Å². The van der Waals surface area contributed by atoms with Crippen LogP contribution in [0.4, 0.5) is 4.79 Å². The Hall–Kier alpha value is -2.41. The number of aryl methyl sites for hydroxylation is 1. The molecule has 0 saturated carbocycles. The summed E-state index contributed by atoms with van der Waals surface area (Å²) in [5.74, 6) is 0.944. The number of rotatable bonds is 4. The molecule has 1 aliphatic heterocycles. The molecule has 1 aromatic heterocycles. The fraction of sp³-hybridized carbons (Fsp3) is 0.471. The molecule has 7 nitrogen and oxygen atoms in total. The van der Waals surface area contributed by atoms with Gasteiger partial charge in [0.05, 0.1) is 18.7 Å². The number of hydrogen-bond acceptors (Lipinski definition) is 5. The quantitative estimate of drug-likeness (QED) is 0.896. The number of nitrogens with one attached hydrogen (secondary N) is 1. The fourth-order valence-corrected chi connectivity index (χ4v) is 3.13. The van der Waals surface area contributed by atoms with Crippen molar-refractivity contribution in [2.45, 2.75) is 38.8 Å². The zero-order valence-electron chi connectivity index (χ0n) is 13.9. The number of carbonyl (C=O) groups is 1. The van der Waals surface area contributed by atoms with Crippen molar-refractivity contribution in [1.29, 1.82) is 0 Å². The molecular weight excluding hydrogens is 308 g/mol. The second-order valence-electron chi connectivity index (χ2n) is 5.92. The third-order valence-corrected chi connectivity index (χ3v) is 4.41. The molecule has 0 bridgehead atoms. The Balaban J connectivity index is 1.77. The van der Waals surface area contributed by atoms with Crippen LogP contribution in [-0.4, -0.2) is 39.3 Å². The molecule has 128 valence electrons. The van der Waals surface area contributed by atoms with E-state index < -0.39 is 0 Å². The predicted octanol–water partition coefficient (Wildman–Crippen LogP) is 2.13. The van der Waals surface area contributed by atoms with E-state index in [2.05, 4.69) is 15.5 Å². The predicted molar refractivity (Wildman–Crippen MR) is 87.3 cm³/mol. The van der Waals surface area contributed by atoms with Gasteiger partial charge in [-0.1, -0.05) is 36.3 Å². The highest BCUT2D eigenvalue weighted by atomic mass is 16.5. The van der Waals surface area contributed by atoms with Crippen LogP contribution >= 0.6 is 0 Å². The molecule has 24 heavy (non-hydrogen) atoms. The molecule has 2 aromatic rings. The van der Waals surface area contributed by atoms with Crippen LogP contribution in [0, 0.1) is 6.92 Å². The molecule has 0 fully saturated rings. The van der Waals surface area contributed by atoms with Gasteiger partial charge in [-0.05, 0) is 24.0 Å². The maximum Gasteiger partial charge on any atom is 0.318 e. The summed E-state index contributed by atoms with van der Waals surface area (Å²) in [5.41, 5.74) is 2.19. The number of benzene rings is 1. The van der Waals surface area contributed by atoms with E-state index in [0.717, 1.165) is 12.0 Å². The topological polar surface area (TPSA) is 91.5 Å². The number of fused-ring (bicyclic) bond motifs is 1. The summed E-state index contributed by atoms with van der Waals surface area (Å²) in [6.07, 6.45) is 1.43. The summed E-state index contributed by atoms with van der Waals surface area (Å²) in [7, 11) is 0. The van der Waals surface area contributed by atoms with E-state index in [-0.39, 0.29) is 24.7 Å². The third-order valence-electron chi connectivity index (χ3n) is 4.41. The zero-order valence-corrected chi connectivity index (χ0v) is 13.9. The van der Waals surface area contributed by atoms with Gasteiger partial charge in [0.2, 0.25) is 5.89 Å². The lowest BCUT2D eigenvalue weighted by Crippen LogP contribution is -2.47. The number of hydrogen-bond donors (Lipinski definition) is 2. The van der Waals surface area contributed by atoms with Crippen LogP contribution in [0.1, 0.15) is 48.3 Å². The normalized spacial score (nSPS) is 18.1. The number of aromatic nitrogens is 2. The minimum atomic E-state index is -0.334. The number of aliphatic hydroxyl groups is 1. The Labute approximate surface area is 140 Å². The lowest BCUT2D eigenvalue weighted by atomic mass is 9.93. The highest BCUT2D eigenvalue weighted by Gasteiger charge is 2.31. The number of nitrogens with zero attached hydrogens (tertiary/aromatic N) is 3. The van der Waals surface area contributed by atoms with Crippen molar-refractivity contribution in [2.24, 2.45) is 0 Å². The Morgan fingerprint density at radius 2 is 2.29 bits per heavy atom. The van der Waals surface area contributed by atoms with E-state index in [1.165, 1.54) is 5.56 Å². The van der Waals surface area contributed by atoms with Crippen LogP contribution in [0.15, 0.2) is 28.8 Å². The Kier molecular flexibility index (Phi) is 4.80. The highest BCUT2D eigenvalue weighted by Crippen LogP contribution is 2.29. The molecule has 0 unspecified atom stereocenters. The molecule has 0 radical (unpaired) electrons. The first-order valence-corrected chi connectivity index (χ1v) is 8.20. The van der Waals surface area contributed by atoms with Crippen molar-refractivity contribution in [2.75, 3.05) is 13.2 Å². The van der Waals surface area contributed by atoms with Gasteiger partial charge in [-0.2, -0.15) is 4.98 Å². The summed E-state index contributed by atoms with van der Waals surface area (Å²) < 4.78 is 5.00. The van der Waals surface area contributed by atoms with Crippen molar-refractivity contribution in [3.63, 3.8) is 0 Å². The number of aliphatic hydroxyl groups excluding tert-OH is 1. The molecule has 2 amide bonds. The average Bonchev–Trinajstić information content (AvgIpc) is 3.04. The molecule has 1 aliphatic rings. The molecule has 2 atom stereocenters. The molecule has 2 N–H and O–H groups in total. The van der Waals surface area contributed by atoms with E-state index in [0.29, 0.717) is 24.7 Å². The van der Waals surface area contributed by atoms with Crippen LogP contribution in [0.3, 0.4) is 0 Å². The molecule has 3 rings (SSSR count). The van der Waals surface area contributed by atoms with E-state index in [9.17, 15) is 9.90 Å². The summed E-state index contributed by atoms with van der Waals surface area (Å²) in [5, 5.41) is 16.7. The van der Waals surface area contributed by atoms with Crippen LogP contribution in [0.2, 0.25) is 0 Å². The van der Waals surface area contributed by atoms with Crippen molar-refractivity contribution in [1.82, 2.24) is 20.4 Å². The molecule has 1 aromatic carbocycles. The first-order chi connectivity index (χ1) is 11.6. The second kappa shape index (κ2) is 7.00. The highest BCUT2D eigenvalue weighted by molar-refractivity contribution is 5.75. The lowest BCUT2D eigenvalue weighted by Gasteiger charge is -2.37. The Morgan fingerprint density at radius 3 is 2.96 bits per heavy atom. The van der Waals surface area contributed by atoms with E-state index in [4.69, 9.17) is 4.52 Å². The van der Waals surface area contributed by atoms with Crippen LogP contribution < -0.4 is 5.32 Å². The van der Waals surface area contributed by atoms with Crippen LogP contribution in [0.25, 0.3) is 0 Å². The largest absolute Gasteiger partial charge is 0.394 e. The van der Waals surface area contributed by atoms with Gasteiger partial charge in [-0.25, -0.2) is 4.79 Å². The van der Waals surface area contributed by atoms with Crippen LogP contribution in [0.5, 0.6) is 0 Å². The van der Waals surface area contributed by atoms with Crippen molar-refractivity contribution < 1.29 is 14.4 Å². The minimum absolute atomic E-state index is 0.109. The third kappa shape index (κ3) is 3.12. The van der Waals surface area contributed by atoms with Gasteiger partial charge in [0, 0.05) is 13.5 Å². The van der Waals surface area contributed by atoms with Gasteiger partial charge in [0.1, 0.15) is 0 Å². The van der Waals surface area contributed by atoms with Crippen LogP contribution in [-0.2, 0) is 6.42 Å². The van der Waals surface area contributed by atoms with Gasteiger partial charge in [-0.15, -0.1) is 0 Å². The van der Waals surface area contributed by atoms with E-state index in [1.54, 1.807) is 11.8 Å². The molecule has 7 heteroatoms. The van der Waals surface area contributed by atoms with Gasteiger partial charge in [0.15, 0.2) is 5.82 Å². The average molecular weight is 330 g/mol. The maximum atomic E-state index is 12.7. The van der Waals surface area contributed by atoms with Crippen molar-refractivity contribution in [3.05, 3.63) is 47.1 Å². The molecule has 0 saturated heterocycles. The minimum Gasteiger partial charge on any atom is -0.394 e. The standard InChI is InChI=1S/C17H22N4O3/c1-3-14(16-18-11(2)24-20-16)19-17(23)21-9-8-12-6-4-5-7-13(12)15(21)10-22/h4-7,14-15,22H,3,8-10H2,1-2H3,(H,19,23)/t14-,15-/m1/s1. The SMILES string of the molecule is CC[C@@H](NC(=O)N1CCc2ccccc2[C@H]1CO)c1noc(C)n1. The summed E-state index contributed by atoms with van der Waals surface area (Å²) >= 11 is 0. The van der Waals surface area contributed by atoms with Gasteiger partial charge in [0.25, 0.3) is 0 Å². The Morgan fingerprint density at radius 1 is 1.50 bits per heavy atom. The first-order valence-electron chi connectivity index (χ1n) is 8.20. The van der Waals surface area contributed by atoms with Gasteiger partial charge >= 0.3 is 6.03 Å². The molecule has 2 heterocycles.